The van der Waals surface area contributed by atoms with Gasteiger partial charge in [-0.05, 0) is 110 Å². The van der Waals surface area contributed by atoms with E-state index < -0.39 is 11.7 Å². The summed E-state index contributed by atoms with van der Waals surface area (Å²) in [6.45, 7) is 14.3. The molecule has 16 nitrogen and oxygen atoms in total. The monoisotopic (exact) mass is 972 g/mol. The van der Waals surface area contributed by atoms with Gasteiger partial charge in [-0.1, -0.05) is 62.3 Å². The highest BCUT2D eigenvalue weighted by atomic mass is 19.1. The number of likely N-dealkylation sites (tertiary alicyclic amines) is 2. The number of aromatic hydroxyl groups is 1. The van der Waals surface area contributed by atoms with Gasteiger partial charge in [0.1, 0.15) is 35.3 Å². The van der Waals surface area contributed by atoms with E-state index in [1.165, 1.54) is 18.2 Å². The van der Waals surface area contributed by atoms with Crippen molar-refractivity contribution in [3.8, 4) is 17.0 Å². The highest BCUT2D eigenvalue weighted by Gasteiger charge is 2.31. The number of carbonyl (C=O) groups is 2. The third-order valence-electron chi connectivity index (χ3n) is 14.0. The fourth-order valence-corrected chi connectivity index (χ4v) is 9.33. The van der Waals surface area contributed by atoms with Crippen molar-refractivity contribution >= 4 is 29.7 Å². The minimum atomic E-state index is -0.723. The molecule has 8 N–H and O–H groups in total. The van der Waals surface area contributed by atoms with Crippen molar-refractivity contribution in [1.82, 2.24) is 35.4 Å². The Morgan fingerprint density at radius 2 is 1.75 bits per heavy atom. The van der Waals surface area contributed by atoms with Crippen LogP contribution in [0.3, 0.4) is 0 Å². The molecule has 4 aliphatic heterocycles. The first-order valence-electron chi connectivity index (χ1n) is 24.7. The van der Waals surface area contributed by atoms with Crippen LogP contribution in [0.1, 0.15) is 95.1 Å². The second-order valence-corrected chi connectivity index (χ2v) is 19.3. The fourth-order valence-electron chi connectivity index (χ4n) is 9.33. The maximum atomic E-state index is 15.3. The summed E-state index contributed by atoms with van der Waals surface area (Å²) in [5, 5.41) is 32.6. The molecule has 3 saturated heterocycles. The molecular formula is C54H70FN11O5. The minimum absolute atomic E-state index is 0.0468. The third-order valence-corrected chi connectivity index (χ3v) is 14.0. The number of nitrogens with two attached hydrogens (primary N) is 2. The zero-order valence-corrected chi connectivity index (χ0v) is 41.6. The van der Waals surface area contributed by atoms with Gasteiger partial charge < -0.3 is 51.2 Å². The number of hydrogen-bond acceptors (Lipinski definition) is 12. The number of nitrogens with zero attached hydrogens (tertiary/aromatic N) is 6. The van der Waals surface area contributed by atoms with Gasteiger partial charge in [-0.15, -0.1) is 0 Å². The van der Waals surface area contributed by atoms with E-state index in [-0.39, 0.29) is 41.1 Å². The number of aryl methyl sites for hydroxylation is 1. The summed E-state index contributed by atoms with van der Waals surface area (Å²) in [6.07, 6.45) is 16.0. The van der Waals surface area contributed by atoms with Crippen LogP contribution in [-0.2, 0) is 21.4 Å². The molecule has 71 heavy (non-hydrogen) atoms. The van der Waals surface area contributed by atoms with E-state index in [4.69, 9.17) is 26.1 Å². The van der Waals surface area contributed by atoms with Crippen LogP contribution in [0.25, 0.3) is 17.0 Å². The molecule has 0 radical (unpaired) electrons. The highest BCUT2D eigenvalue weighted by Crippen LogP contribution is 2.31. The van der Waals surface area contributed by atoms with Crippen molar-refractivity contribution in [2.45, 2.75) is 90.3 Å². The molecule has 378 valence electrons. The van der Waals surface area contributed by atoms with E-state index >= 15 is 4.39 Å². The maximum absolute atomic E-state index is 15.3. The number of piperidine rings is 2. The molecule has 2 aromatic heterocycles. The second kappa shape index (κ2) is 24.1. The van der Waals surface area contributed by atoms with E-state index in [1.807, 2.05) is 49.0 Å². The van der Waals surface area contributed by atoms with Crippen LogP contribution < -0.4 is 27.0 Å². The average molecular weight is 972 g/mol. The number of ether oxygens (including phenoxy) is 1. The van der Waals surface area contributed by atoms with Gasteiger partial charge >= 0.3 is 0 Å². The molecule has 0 spiro atoms. The van der Waals surface area contributed by atoms with E-state index in [0.717, 1.165) is 106 Å². The summed E-state index contributed by atoms with van der Waals surface area (Å²) in [4.78, 5) is 29.8. The number of para-hydroxylation sites is 1. The topological polar surface area (TPSA) is 217 Å². The van der Waals surface area contributed by atoms with Gasteiger partial charge in [-0.2, -0.15) is 5.10 Å². The number of allylic oxidation sites excluding steroid dienone is 5. The molecule has 3 fully saturated rings. The predicted octanol–water partition coefficient (Wildman–Crippen LogP) is 7.77. The number of rotatable bonds is 16. The summed E-state index contributed by atoms with van der Waals surface area (Å²) in [7, 11) is 1.91. The largest absolute Gasteiger partial charge is 0.507 e. The van der Waals surface area contributed by atoms with Gasteiger partial charge in [0.15, 0.2) is 11.7 Å². The molecule has 2 amide bonds. The lowest BCUT2D eigenvalue weighted by Gasteiger charge is -2.37. The van der Waals surface area contributed by atoms with Crippen LogP contribution in [0.15, 0.2) is 125 Å². The Hall–Kier alpha value is -7.14. The minimum Gasteiger partial charge on any atom is -0.507 e. The summed E-state index contributed by atoms with van der Waals surface area (Å²) in [5.74, 6) is 2.69. The lowest BCUT2D eigenvalue weighted by Crippen LogP contribution is -2.43. The number of anilines is 1. The van der Waals surface area contributed by atoms with Gasteiger partial charge in [0.2, 0.25) is 12.3 Å². The lowest BCUT2D eigenvalue weighted by molar-refractivity contribution is -0.131. The highest BCUT2D eigenvalue weighted by molar-refractivity contribution is 6.00. The number of amides is 2. The zero-order valence-electron chi connectivity index (χ0n) is 41.6. The molecular weight excluding hydrogens is 902 g/mol. The number of nitrogens with one attached hydrogen (secondary N) is 3. The number of benzene rings is 2. The number of dihydropyridines is 1. The van der Waals surface area contributed by atoms with Crippen LogP contribution >= 0.6 is 0 Å². The number of aromatic nitrogens is 3. The molecule has 0 saturated carbocycles. The van der Waals surface area contributed by atoms with Crippen LogP contribution in [0.4, 0.5) is 10.2 Å². The van der Waals surface area contributed by atoms with Crippen molar-refractivity contribution in [3.05, 3.63) is 137 Å². The molecule has 17 heteroatoms. The number of phenols is 1. The van der Waals surface area contributed by atoms with Crippen molar-refractivity contribution in [2.24, 2.45) is 30.4 Å². The van der Waals surface area contributed by atoms with E-state index in [9.17, 15) is 14.7 Å². The Morgan fingerprint density at radius 3 is 2.41 bits per heavy atom. The Morgan fingerprint density at radius 1 is 1.01 bits per heavy atom. The van der Waals surface area contributed by atoms with Crippen molar-refractivity contribution in [3.63, 3.8) is 0 Å². The molecule has 2 aromatic carbocycles. The van der Waals surface area contributed by atoms with Crippen molar-refractivity contribution in [1.29, 1.82) is 5.41 Å². The van der Waals surface area contributed by atoms with Gasteiger partial charge in [-0.25, -0.2) is 4.39 Å². The molecule has 0 bridgehead atoms. The first-order valence-corrected chi connectivity index (χ1v) is 24.7. The first kappa shape index (κ1) is 51.7. The van der Waals surface area contributed by atoms with Crippen LogP contribution in [0.2, 0.25) is 0 Å². The normalized spacial score (nSPS) is 19.9. The molecule has 8 rings (SSSR count). The average Bonchev–Trinajstić information content (AvgIpc) is 4.16. The van der Waals surface area contributed by atoms with Gasteiger partial charge in [-0.3, -0.25) is 19.7 Å². The predicted molar refractivity (Wildman–Crippen MR) is 275 cm³/mol. The van der Waals surface area contributed by atoms with E-state index in [1.54, 1.807) is 47.6 Å². The number of hydrogen-bond donors (Lipinski definition) is 6. The molecule has 3 unspecified atom stereocenters. The van der Waals surface area contributed by atoms with Gasteiger partial charge in [0, 0.05) is 88.0 Å². The Bertz CT molecular complexity index is 2620. The molecule has 6 heterocycles. The SMILES string of the molecule is CC(C)C(C)c1cc(N2CCC(CN3CCC(OC4=C/C(=C/C(F)=C(/C=C(\N)c5ccccc5O)C(=N)N)C=CN4)CC3)CC2)no1.CC(NC(=O)C1CCCN1C=O)c1ccc(-c2ccnn2C)cc1. The first-order chi connectivity index (χ1) is 34.2. The fraction of sp³-hybridized carbons (Fsp3) is 0.426. The quantitative estimate of drug-likeness (QED) is 0.0275. The number of halogens is 1. The van der Waals surface area contributed by atoms with Crippen LogP contribution in [-0.4, -0.2) is 99.4 Å². The third kappa shape index (κ3) is 13.6. The van der Waals surface area contributed by atoms with Gasteiger partial charge in [0.25, 0.3) is 0 Å². The Balaban J connectivity index is 0.000000258. The summed E-state index contributed by atoms with van der Waals surface area (Å²) in [5.41, 5.74) is 15.7. The molecule has 0 aliphatic carbocycles. The molecule has 3 atom stereocenters. The Labute approximate surface area is 416 Å². The lowest BCUT2D eigenvalue weighted by atomic mass is 9.94. The van der Waals surface area contributed by atoms with Crippen LogP contribution in [0.5, 0.6) is 5.75 Å². The van der Waals surface area contributed by atoms with Crippen molar-refractivity contribution in [2.75, 3.05) is 44.2 Å². The second-order valence-electron chi connectivity index (χ2n) is 19.3. The summed E-state index contributed by atoms with van der Waals surface area (Å²) < 4.78 is 29.1. The number of amidine groups is 1. The zero-order chi connectivity index (χ0) is 50.6. The van der Waals surface area contributed by atoms with Gasteiger partial charge in [0.05, 0.1) is 17.3 Å². The van der Waals surface area contributed by atoms with Crippen molar-refractivity contribution < 1.29 is 28.3 Å². The molecule has 4 aliphatic rings. The Kier molecular flexibility index (Phi) is 17.6. The van der Waals surface area contributed by atoms with E-state index in [2.05, 4.69) is 57.5 Å². The standard InChI is InChI=1S/C36H48FN7O3.C18H22N4O2/c1-23(2)24(3)33-21-34(42-47-33)44-16-9-25(10-17-44)22-43-14-11-27(12-15-43)46-35-19-26(8-13-41-35)18-30(37)29(36(39)40)20-31(38)28-6-4-5-7-32(28)45;1-13(20-18(24)17-4-3-11-22(17)12-23)14-5-7-15(8-6-14)16-9-10-19-21(16)2/h4-8,13,18-21,23-25,27,41,45H,9-12,14-17,22,38H2,1-3H3,(H3,39,40);5-10,12-13,17H,3-4,11H2,1-2H3,(H,20,24)/b26-18+,30-29+,31-20-;. The number of phenolic OH excluding ortho intramolecular Hbond substituents is 1. The summed E-state index contributed by atoms with van der Waals surface area (Å²) >= 11 is 0. The maximum Gasteiger partial charge on any atom is 0.243 e. The number of carbonyl (C=O) groups excluding carboxylic acids is 2. The smallest absolute Gasteiger partial charge is 0.243 e. The van der Waals surface area contributed by atoms with Crippen LogP contribution in [0, 0.1) is 17.2 Å². The summed E-state index contributed by atoms with van der Waals surface area (Å²) in [6, 6.07) is 18.2. The molecule has 4 aromatic rings. The van der Waals surface area contributed by atoms with E-state index in [0.29, 0.717) is 41.3 Å².